The molecule has 2 aromatic rings. The SMILES string of the molecule is Cc1ncc(CO)c(CN2CC3CNCC3(CCc3ccccc3)C2)c1O. The van der Waals surface area contributed by atoms with Gasteiger partial charge >= 0.3 is 0 Å². The number of nitrogens with one attached hydrogen (secondary N) is 1. The molecule has 0 radical (unpaired) electrons. The molecule has 2 unspecified atom stereocenters. The van der Waals surface area contributed by atoms with E-state index in [9.17, 15) is 10.2 Å². The normalized spacial score (nSPS) is 25.0. The molecule has 144 valence electrons. The predicted molar refractivity (Wildman–Crippen MR) is 105 cm³/mol. The first-order valence-electron chi connectivity index (χ1n) is 9.85. The third-order valence-electron chi connectivity index (χ3n) is 6.49. The highest BCUT2D eigenvalue weighted by molar-refractivity contribution is 5.40. The summed E-state index contributed by atoms with van der Waals surface area (Å²) in [6.45, 7) is 6.60. The number of rotatable bonds is 6. The van der Waals surface area contributed by atoms with Crippen LogP contribution < -0.4 is 5.32 Å². The first-order valence-corrected chi connectivity index (χ1v) is 9.85. The third kappa shape index (κ3) is 3.59. The van der Waals surface area contributed by atoms with Crippen LogP contribution in [0.4, 0.5) is 0 Å². The number of aromatic nitrogens is 1. The Kier molecular flexibility index (Phi) is 5.17. The van der Waals surface area contributed by atoms with Crippen LogP contribution in [0.5, 0.6) is 5.75 Å². The second-order valence-corrected chi connectivity index (χ2v) is 8.20. The van der Waals surface area contributed by atoms with E-state index in [1.807, 2.05) is 6.92 Å². The van der Waals surface area contributed by atoms with Crippen LogP contribution in [0, 0.1) is 18.3 Å². The van der Waals surface area contributed by atoms with Crippen LogP contribution in [0.1, 0.15) is 28.8 Å². The van der Waals surface area contributed by atoms with Gasteiger partial charge in [0, 0.05) is 48.9 Å². The number of nitrogens with zero attached hydrogens (tertiary/aromatic N) is 2. The van der Waals surface area contributed by atoms with Crippen molar-refractivity contribution in [2.24, 2.45) is 11.3 Å². The van der Waals surface area contributed by atoms with E-state index in [0.29, 0.717) is 23.6 Å². The minimum absolute atomic E-state index is 0.0891. The van der Waals surface area contributed by atoms with E-state index in [2.05, 4.69) is 45.5 Å². The van der Waals surface area contributed by atoms with Crippen LogP contribution in [0.25, 0.3) is 0 Å². The molecule has 5 nitrogen and oxygen atoms in total. The summed E-state index contributed by atoms with van der Waals surface area (Å²) in [7, 11) is 0. The number of benzene rings is 1. The van der Waals surface area contributed by atoms with Gasteiger partial charge in [0.25, 0.3) is 0 Å². The zero-order chi connectivity index (χ0) is 18.9. The number of hydrogen-bond donors (Lipinski definition) is 3. The summed E-state index contributed by atoms with van der Waals surface area (Å²) in [6, 6.07) is 10.7. The maximum absolute atomic E-state index is 10.5. The summed E-state index contributed by atoms with van der Waals surface area (Å²) >= 11 is 0. The molecule has 1 aromatic carbocycles. The fourth-order valence-corrected chi connectivity index (χ4v) is 4.87. The summed E-state index contributed by atoms with van der Waals surface area (Å²) < 4.78 is 0. The van der Waals surface area contributed by atoms with E-state index in [-0.39, 0.29) is 12.4 Å². The Morgan fingerprint density at radius 1 is 1.30 bits per heavy atom. The monoisotopic (exact) mass is 367 g/mol. The molecule has 2 aliphatic heterocycles. The van der Waals surface area contributed by atoms with E-state index >= 15 is 0 Å². The lowest BCUT2D eigenvalue weighted by molar-refractivity contribution is 0.233. The van der Waals surface area contributed by atoms with Gasteiger partial charge in [0.05, 0.1) is 12.3 Å². The minimum Gasteiger partial charge on any atom is -0.506 e. The fourth-order valence-electron chi connectivity index (χ4n) is 4.87. The number of aryl methyl sites for hydroxylation is 2. The predicted octanol–water partition coefficient (Wildman–Crippen LogP) is 2.24. The zero-order valence-corrected chi connectivity index (χ0v) is 16.0. The second kappa shape index (κ2) is 7.58. The molecule has 4 rings (SSSR count). The van der Waals surface area contributed by atoms with Crippen molar-refractivity contribution in [2.75, 3.05) is 26.2 Å². The lowest BCUT2D eigenvalue weighted by Gasteiger charge is -2.28. The van der Waals surface area contributed by atoms with E-state index in [1.54, 1.807) is 6.20 Å². The summed E-state index contributed by atoms with van der Waals surface area (Å²) in [5.74, 6) is 0.874. The molecule has 2 atom stereocenters. The van der Waals surface area contributed by atoms with Gasteiger partial charge in [0.1, 0.15) is 5.75 Å². The average Bonchev–Trinajstić information content (AvgIpc) is 3.22. The van der Waals surface area contributed by atoms with E-state index < -0.39 is 0 Å². The molecule has 27 heavy (non-hydrogen) atoms. The third-order valence-corrected chi connectivity index (χ3v) is 6.49. The van der Waals surface area contributed by atoms with E-state index in [4.69, 9.17) is 0 Å². The Morgan fingerprint density at radius 2 is 2.11 bits per heavy atom. The molecule has 0 saturated carbocycles. The van der Waals surface area contributed by atoms with Gasteiger partial charge in [-0.15, -0.1) is 0 Å². The smallest absolute Gasteiger partial charge is 0.141 e. The lowest BCUT2D eigenvalue weighted by Crippen LogP contribution is -2.33. The van der Waals surface area contributed by atoms with Gasteiger partial charge in [-0.2, -0.15) is 0 Å². The van der Waals surface area contributed by atoms with Crippen LogP contribution in [0.15, 0.2) is 36.5 Å². The summed E-state index contributed by atoms with van der Waals surface area (Å²) in [4.78, 5) is 6.63. The Hall–Kier alpha value is -1.95. The average molecular weight is 367 g/mol. The molecule has 0 amide bonds. The van der Waals surface area contributed by atoms with Crippen LogP contribution in [0.2, 0.25) is 0 Å². The molecule has 0 spiro atoms. The maximum atomic E-state index is 10.5. The number of hydrogen-bond acceptors (Lipinski definition) is 5. The Balaban J connectivity index is 1.49. The van der Waals surface area contributed by atoms with Crippen molar-refractivity contribution in [3.63, 3.8) is 0 Å². The van der Waals surface area contributed by atoms with Crippen molar-refractivity contribution in [3.05, 3.63) is 58.9 Å². The van der Waals surface area contributed by atoms with Crippen LogP contribution in [-0.4, -0.2) is 46.3 Å². The van der Waals surface area contributed by atoms with Crippen LogP contribution in [-0.2, 0) is 19.6 Å². The summed E-state index contributed by atoms with van der Waals surface area (Å²) in [5.41, 5.74) is 3.89. The molecule has 3 N–H and O–H groups in total. The lowest BCUT2D eigenvalue weighted by atomic mass is 9.76. The second-order valence-electron chi connectivity index (χ2n) is 8.20. The standard InChI is InChI=1S/C22H29N3O2/c1-16-21(27)20(18(13-26)9-24-16)12-25-11-19-10-23-14-22(19,15-25)8-7-17-5-3-2-4-6-17/h2-6,9,19,23,26-27H,7-8,10-15H2,1H3. The van der Waals surface area contributed by atoms with Gasteiger partial charge < -0.3 is 15.5 Å². The Morgan fingerprint density at radius 3 is 2.89 bits per heavy atom. The summed E-state index contributed by atoms with van der Waals surface area (Å²) in [6.07, 6.45) is 3.97. The van der Waals surface area contributed by atoms with E-state index in [0.717, 1.165) is 43.7 Å². The number of aliphatic hydroxyl groups excluding tert-OH is 1. The van der Waals surface area contributed by atoms with E-state index in [1.165, 1.54) is 12.0 Å². The Bertz CT molecular complexity index is 796. The van der Waals surface area contributed by atoms with Gasteiger partial charge in [-0.3, -0.25) is 9.88 Å². The van der Waals surface area contributed by atoms with Crippen molar-refractivity contribution in [2.45, 2.75) is 32.9 Å². The van der Waals surface area contributed by atoms with Gasteiger partial charge in [-0.25, -0.2) is 0 Å². The molecule has 0 aliphatic carbocycles. The first-order chi connectivity index (χ1) is 13.1. The number of fused-ring (bicyclic) bond motifs is 1. The van der Waals surface area contributed by atoms with Gasteiger partial charge in [-0.05, 0) is 37.8 Å². The molecule has 5 heteroatoms. The number of aromatic hydroxyl groups is 1. The van der Waals surface area contributed by atoms with Crippen LogP contribution >= 0.6 is 0 Å². The fraction of sp³-hybridized carbons (Fsp3) is 0.500. The van der Waals surface area contributed by atoms with Crippen molar-refractivity contribution in [3.8, 4) is 5.75 Å². The van der Waals surface area contributed by atoms with Crippen molar-refractivity contribution in [1.29, 1.82) is 0 Å². The highest BCUT2D eigenvalue weighted by Crippen LogP contribution is 2.43. The zero-order valence-electron chi connectivity index (χ0n) is 16.0. The van der Waals surface area contributed by atoms with Gasteiger partial charge in [0.2, 0.25) is 0 Å². The number of likely N-dealkylation sites (tertiary alicyclic amines) is 1. The topological polar surface area (TPSA) is 68.6 Å². The molecule has 0 bridgehead atoms. The van der Waals surface area contributed by atoms with Gasteiger partial charge in [0.15, 0.2) is 0 Å². The minimum atomic E-state index is -0.0891. The molecule has 2 aliphatic rings. The Labute approximate surface area is 161 Å². The van der Waals surface area contributed by atoms with Crippen molar-refractivity contribution >= 4 is 0 Å². The molecule has 3 heterocycles. The van der Waals surface area contributed by atoms with Crippen molar-refractivity contribution in [1.82, 2.24) is 15.2 Å². The number of aliphatic hydroxyl groups is 1. The van der Waals surface area contributed by atoms with Crippen LogP contribution in [0.3, 0.4) is 0 Å². The molecule has 1 aromatic heterocycles. The quantitative estimate of drug-likeness (QED) is 0.731. The number of pyridine rings is 1. The largest absolute Gasteiger partial charge is 0.506 e. The highest BCUT2D eigenvalue weighted by atomic mass is 16.3. The molecular weight excluding hydrogens is 338 g/mol. The molecule has 2 fully saturated rings. The molecule has 2 saturated heterocycles. The summed E-state index contributed by atoms with van der Waals surface area (Å²) in [5, 5.41) is 23.7. The first kappa shape index (κ1) is 18.4. The maximum Gasteiger partial charge on any atom is 0.141 e. The van der Waals surface area contributed by atoms with Crippen molar-refractivity contribution < 1.29 is 10.2 Å². The molecular formula is C22H29N3O2. The van der Waals surface area contributed by atoms with Gasteiger partial charge in [-0.1, -0.05) is 30.3 Å². The highest BCUT2D eigenvalue weighted by Gasteiger charge is 2.48.